The van der Waals surface area contributed by atoms with Gasteiger partial charge in [0.1, 0.15) is 0 Å². The Hall–Kier alpha value is 0.583. The molecular formula is C11H25NZn. The zero-order valence-corrected chi connectivity index (χ0v) is 12.9. The average molecular weight is 237 g/mol. The predicted octanol–water partition coefficient (Wildman–Crippen LogP) is 3.17. The van der Waals surface area contributed by atoms with E-state index in [-0.39, 0.29) is 19.5 Å². The van der Waals surface area contributed by atoms with Crippen LogP contribution in [0.25, 0.3) is 0 Å². The Morgan fingerprint density at radius 1 is 1.15 bits per heavy atom. The predicted molar refractivity (Wildman–Crippen MR) is 58.0 cm³/mol. The second kappa shape index (κ2) is 18.4. The number of hydrogen-bond acceptors (Lipinski definition) is 1. The van der Waals surface area contributed by atoms with Gasteiger partial charge in [0.25, 0.3) is 0 Å². The molecule has 0 aromatic rings. The molecule has 0 rings (SSSR count). The standard InChI is InChI=1S/C8H18N.C3H7.Zn/c1-4-7-9(6-3)8-5-2;1-3-2;/h1,4-8H2,2-3H3;3H,1-2H3;/q2*-1;+2. The molecule has 0 saturated heterocycles. The van der Waals surface area contributed by atoms with E-state index < -0.39 is 0 Å². The Morgan fingerprint density at radius 3 is 1.85 bits per heavy atom. The summed E-state index contributed by atoms with van der Waals surface area (Å²) in [6.45, 7) is 15.8. The maximum Gasteiger partial charge on any atom is 2.00 e. The number of hydrogen-bond donors (Lipinski definition) is 0. The Bertz CT molecular complexity index is 61.1. The summed E-state index contributed by atoms with van der Waals surface area (Å²) in [5.74, 6) is 0. The molecule has 0 aliphatic rings. The Balaban J connectivity index is -0.000000220. The van der Waals surface area contributed by atoms with Crippen molar-refractivity contribution in [3.05, 3.63) is 13.3 Å². The maximum absolute atomic E-state index is 3.81. The monoisotopic (exact) mass is 235 g/mol. The van der Waals surface area contributed by atoms with Crippen LogP contribution in [-0.2, 0) is 19.5 Å². The fourth-order valence-corrected chi connectivity index (χ4v) is 0.968. The Labute approximate surface area is 98.0 Å². The van der Waals surface area contributed by atoms with Crippen LogP contribution < -0.4 is 0 Å². The Kier molecular flexibility index (Phi) is 27.2. The summed E-state index contributed by atoms with van der Waals surface area (Å²) in [6.07, 6.45) is 4.29. The van der Waals surface area contributed by atoms with E-state index in [2.05, 4.69) is 25.7 Å². The minimum atomic E-state index is 0. The van der Waals surface area contributed by atoms with Crippen LogP contribution in [0.5, 0.6) is 0 Å². The first-order chi connectivity index (χ1) is 5.76. The van der Waals surface area contributed by atoms with Crippen molar-refractivity contribution in [3.8, 4) is 0 Å². The summed E-state index contributed by atoms with van der Waals surface area (Å²) in [6, 6.07) is 0. The van der Waals surface area contributed by atoms with Gasteiger partial charge in [0, 0.05) is 0 Å². The molecule has 0 N–H and O–H groups in total. The topological polar surface area (TPSA) is 3.24 Å². The third-order valence-electron chi connectivity index (χ3n) is 1.46. The van der Waals surface area contributed by atoms with Gasteiger partial charge >= 0.3 is 19.5 Å². The van der Waals surface area contributed by atoms with Crippen molar-refractivity contribution in [1.29, 1.82) is 0 Å². The minimum absolute atomic E-state index is 0. The number of rotatable bonds is 5. The van der Waals surface area contributed by atoms with Crippen molar-refractivity contribution in [3.63, 3.8) is 0 Å². The molecule has 0 aromatic carbocycles. The molecule has 1 nitrogen and oxygen atoms in total. The summed E-state index contributed by atoms with van der Waals surface area (Å²) in [7, 11) is 0. The third kappa shape index (κ3) is 19.1. The van der Waals surface area contributed by atoms with E-state index in [1.54, 1.807) is 0 Å². The molecule has 0 saturated carbocycles. The molecule has 0 fully saturated rings. The molecule has 0 atom stereocenters. The van der Waals surface area contributed by atoms with Gasteiger partial charge in [0.05, 0.1) is 0 Å². The van der Waals surface area contributed by atoms with E-state index in [1.807, 2.05) is 20.3 Å². The van der Waals surface area contributed by atoms with E-state index in [0.29, 0.717) is 0 Å². The fourth-order valence-electron chi connectivity index (χ4n) is 0.968. The second-order valence-corrected chi connectivity index (χ2v) is 2.87. The van der Waals surface area contributed by atoms with Gasteiger partial charge in [-0.15, -0.1) is 0 Å². The van der Waals surface area contributed by atoms with Crippen LogP contribution in [0.15, 0.2) is 0 Å². The van der Waals surface area contributed by atoms with Crippen LogP contribution in [0.1, 0.15) is 40.5 Å². The third-order valence-corrected chi connectivity index (χ3v) is 1.46. The van der Waals surface area contributed by atoms with Gasteiger partial charge in [-0.05, 0) is 26.1 Å². The molecule has 0 amide bonds. The summed E-state index contributed by atoms with van der Waals surface area (Å²) >= 11 is 0. The maximum atomic E-state index is 3.81. The molecule has 0 aliphatic carbocycles. The number of nitrogens with zero attached hydrogens (tertiary/aromatic N) is 1. The first-order valence-electron chi connectivity index (χ1n) is 5.02. The second-order valence-electron chi connectivity index (χ2n) is 2.87. The van der Waals surface area contributed by atoms with Gasteiger partial charge in [0.15, 0.2) is 0 Å². The summed E-state index contributed by atoms with van der Waals surface area (Å²) < 4.78 is 0. The van der Waals surface area contributed by atoms with Gasteiger partial charge in [0.2, 0.25) is 0 Å². The summed E-state index contributed by atoms with van der Waals surface area (Å²) in [5, 5.41) is 0. The normalized spacial score (nSPS) is 8.77. The van der Waals surface area contributed by atoms with Crippen LogP contribution in [0.2, 0.25) is 0 Å². The van der Waals surface area contributed by atoms with Crippen molar-refractivity contribution in [2.75, 3.05) is 19.6 Å². The van der Waals surface area contributed by atoms with Crippen molar-refractivity contribution < 1.29 is 19.5 Å². The molecule has 0 unspecified atom stereocenters. The smallest absolute Gasteiger partial charge is 0.342 e. The molecule has 13 heavy (non-hydrogen) atoms. The molecule has 76 valence electrons. The molecule has 0 bridgehead atoms. The molecule has 0 radical (unpaired) electrons. The van der Waals surface area contributed by atoms with Crippen LogP contribution >= 0.6 is 0 Å². The fraction of sp³-hybridized carbons (Fsp3) is 0.818. The van der Waals surface area contributed by atoms with Gasteiger partial charge < -0.3 is 18.2 Å². The van der Waals surface area contributed by atoms with Crippen LogP contribution in [0.4, 0.5) is 0 Å². The summed E-state index contributed by atoms with van der Waals surface area (Å²) in [4.78, 5) is 2.42. The van der Waals surface area contributed by atoms with E-state index in [4.69, 9.17) is 0 Å². The van der Waals surface area contributed by atoms with Crippen LogP contribution in [0.3, 0.4) is 0 Å². The first kappa shape index (κ1) is 19.2. The van der Waals surface area contributed by atoms with Gasteiger partial charge in [-0.2, -0.15) is 20.3 Å². The van der Waals surface area contributed by atoms with E-state index in [1.165, 1.54) is 19.5 Å². The molecule has 0 heterocycles. The minimum Gasteiger partial charge on any atom is -0.342 e. The van der Waals surface area contributed by atoms with E-state index >= 15 is 0 Å². The van der Waals surface area contributed by atoms with E-state index in [9.17, 15) is 0 Å². The first-order valence-corrected chi connectivity index (χ1v) is 5.02. The molecular weight excluding hydrogens is 212 g/mol. The van der Waals surface area contributed by atoms with Gasteiger partial charge in [-0.3, -0.25) is 0 Å². The quantitative estimate of drug-likeness (QED) is 0.524. The zero-order chi connectivity index (χ0) is 9.82. The van der Waals surface area contributed by atoms with Gasteiger partial charge in [-0.25, -0.2) is 0 Å². The largest absolute Gasteiger partial charge is 2.00 e. The van der Waals surface area contributed by atoms with Crippen molar-refractivity contribution in [2.24, 2.45) is 0 Å². The molecule has 0 aromatic heterocycles. The SMILES string of the molecule is C[CH-]C.[CH2-]CCN(CC)CCC.[Zn+2]. The molecule has 0 spiro atoms. The van der Waals surface area contributed by atoms with Crippen molar-refractivity contribution in [1.82, 2.24) is 4.90 Å². The van der Waals surface area contributed by atoms with Crippen molar-refractivity contribution >= 4 is 0 Å². The van der Waals surface area contributed by atoms with Crippen molar-refractivity contribution in [2.45, 2.75) is 40.5 Å². The molecule has 0 aliphatic heterocycles. The zero-order valence-electron chi connectivity index (χ0n) is 9.97. The van der Waals surface area contributed by atoms with Gasteiger partial charge in [-0.1, -0.05) is 13.8 Å². The summed E-state index contributed by atoms with van der Waals surface area (Å²) in [5.41, 5.74) is 0. The Morgan fingerprint density at radius 2 is 1.62 bits per heavy atom. The van der Waals surface area contributed by atoms with Crippen LogP contribution in [0, 0.1) is 13.3 Å². The molecule has 2 heteroatoms. The average Bonchev–Trinajstić information content (AvgIpc) is 2.05. The van der Waals surface area contributed by atoms with E-state index in [0.717, 1.165) is 13.0 Å². The van der Waals surface area contributed by atoms with Crippen LogP contribution in [-0.4, -0.2) is 24.5 Å².